The number of alkyl halides is 2. The van der Waals surface area contributed by atoms with Gasteiger partial charge in [-0.15, -0.1) is 12.4 Å². The molecule has 132 valence electrons. The van der Waals surface area contributed by atoms with E-state index < -0.39 is 24.9 Å². The van der Waals surface area contributed by atoms with E-state index in [0.29, 0.717) is 10.9 Å². The summed E-state index contributed by atoms with van der Waals surface area (Å²) >= 11 is 0. The van der Waals surface area contributed by atoms with Gasteiger partial charge in [0.25, 0.3) is 11.5 Å². The fraction of sp³-hybridized carbons (Fsp3) is 0.400. The van der Waals surface area contributed by atoms with Gasteiger partial charge in [0, 0.05) is 13.0 Å². The first-order valence-corrected chi connectivity index (χ1v) is 7.13. The summed E-state index contributed by atoms with van der Waals surface area (Å²) in [6.07, 6.45) is 1.26. The zero-order valence-electron chi connectivity index (χ0n) is 13.1. The van der Waals surface area contributed by atoms with E-state index in [2.05, 4.69) is 10.3 Å². The van der Waals surface area contributed by atoms with Gasteiger partial charge in [-0.05, 0) is 18.6 Å². The molecule has 0 bridgehead atoms. The van der Waals surface area contributed by atoms with Crippen molar-refractivity contribution in [2.75, 3.05) is 13.1 Å². The molecular formula is C15H19ClF2N4O2. The van der Waals surface area contributed by atoms with E-state index in [1.807, 2.05) is 13.0 Å². The number of carbonyl (C=O) groups is 1. The van der Waals surface area contributed by atoms with Crippen LogP contribution in [0.5, 0.6) is 0 Å². The Morgan fingerprint density at radius 2 is 2.12 bits per heavy atom. The predicted octanol–water partition coefficient (Wildman–Crippen LogP) is 1.23. The van der Waals surface area contributed by atoms with Crippen LogP contribution in [-0.4, -0.2) is 34.5 Å². The number of rotatable bonds is 6. The number of aromatic nitrogens is 2. The zero-order chi connectivity index (χ0) is 17.0. The van der Waals surface area contributed by atoms with Crippen molar-refractivity contribution in [3.63, 3.8) is 0 Å². The molecule has 0 aliphatic carbocycles. The molecule has 1 aromatic heterocycles. The predicted molar refractivity (Wildman–Crippen MR) is 89.6 cm³/mol. The molecule has 1 amide bonds. The first-order valence-electron chi connectivity index (χ1n) is 7.13. The van der Waals surface area contributed by atoms with Gasteiger partial charge in [-0.25, -0.2) is 13.8 Å². The molecule has 1 heterocycles. The molecule has 0 fully saturated rings. The minimum Gasteiger partial charge on any atom is -0.350 e. The fourth-order valence-corrected chi connectivity index (χ4v) is 2.11. The number of benzene rings is 1. The Labute approximate surface area is 143 Å². The van der Waals surface area contributed by atoms with Gasteiger partial charge in [0.05, 0.1) is 30.3 Å². The van der Waals surface area contributed by atoms with Gasteiger partial charge >= 0.3 is 0 Å². The van der Waals surface area contributed by atoms with Crippen molar-refractivity contribution in [3.8, 4) is 0 Å². The monoisotopic (exact) mass is 360 g/mol. The molecule has 3 N–H and O–H groups in total. The Morgan fingerprint density at radius 3 is 2.79 bits per heavy atom. The third kappa shape index (κ3) is 4.72. The Kier molecular flexibility index (Phi) is 6.80. The van der Waals surface area contributed by atoms with Crippen molar-refractivity contribution in [1.82, 2.24) is 14.9 Å². The highest BCUT2D eigenvalue weighted by molar-refractivity contribution is 5.85. The topological polar surface area (TPSA) is 90.0 Å². The van der Waals surface area contributed by atoms with Crippen LogP contribution in [0.25, 0.3) is 10.9 Å². The van der Waals surface area contributed by atoms with Crippen molar-refractivity contribution in [1.29, 1.82) is 0 Å². The number of nitrogens with two attached hydrogens (primary N) is 1. The molecule has 0 saturated carbocycles. The van der Waals surface area contributed by atoms with E-state index in [1.54, 1.807) is 12.1 Å². The molecule has 6 nitrogen and oxygen atoms in total. The van der Waals surface area contributed by atoms with Crippen LogP contribution in [0.3, 0.4) is 0 Å². The van der Waals surface area contributed by atoms with E-state index in [0.717, 1.165) is 5.56 Å². The lowest BCUT2D eigenvalue weighted by Crippen LogP contribution is -2.41. The quantitative estimate of drug-likeness (QED) is 0.810. The third-order valence-electron chi connectivity index (χ3n) is 3.48. The van der Waals surface area contributed by atoms with Gasteiger partial charge in [-0.1, -0.05) is 12.1 Å². The summed E-state index contributed by atoms with van der Waals surface area (Å²) < 4.78 is 27.2. The van der Waals surface area contributed by atoms with Crippen molar-refractivity contribution in [2.45, 2.75) is 25.8 Å². The van der Waals surface area contributed by atoms with E-state index in [-0.39, 0.29) is 30.9 Å². The number of para-hydroxylation sites is 1. The maximum Gasteiger partial charge on any atom is 0.277 e. The second-order valence-corrected chi connectivity index (χ2v) is 5.30. The summed E-state index contributed by atoms with van der Waals surface area (Å²) in [4.78, 5) is 28.1. The molecule has 9 heteroatoms. The largest absolute Gasteiger partial charge is 0.350 e. The Hall–Kier alpha value is -2.06. The van der Waals surface area contributed by atoms with Crippen LogP contribution in [0, 0.1) is 6.92 Å². The average molecular weight is 361 g/mol. The highest BCUT2D eigenvalue weighted by atomic mass is 35.5. The molecule has 0 aliphatic heterocycles. The molecule has 2 rings (SSSR count). The lowest BCUT2D eigenvalue weighted by atomic mass is 10.1. The maximum atomic E-state index is 12.9. The molecule has 0 atom stereocenters. The minimum absolute atomic E-state index is 0. The molecular weight excluding hydrogens is 342 g/mol. The van der Waals surface area contributed by atoms with E-state index in [9.17, 15) is 18.4 Å². The number of nitrogens with one attached hydrogen (secondary N) is 1. The highest BCUT2D eigenvalue weighted by Gasteiger charge is 2.26. The zero-order valence-corrected chi connectivity index (χ0v) is 13.9. The van der Waals surface area contributed by atoms with Crippen LogP contribution in [0.15, 0.2) is 29.3 Å². The van der Waals surface area contributed by atoms with Gasteiger partial charge in [-0.3, -0.25) is 14.2 Å². The Morgan fingerprint density at radius 1 is 1.42 bits per heavy atom. The molecule has 0 spiro atoms. The summed E-state index contributed by atoms with van der Waals surface area (Å²) in [7, 11) is 0. The number of amides is 1. The number of fused-ring (bicyclic) bond motifs is 1. The number of aryl methyl sites for hydroxylation is 2. The Balaban J connectivity index is 0.00000288. The van der Waals surface area contributed by atoms with Gasteiger partial charge in [0.1, 0.15) is 0 Å². The fourth-order valence-electron chi connectivity index (χ4n) is 2.11. The van der Waals surface area contributed by atoms with Gasteiger partial charge in [0.15, 0.2) is 0 Å². The standard InChI is InChI=1S/C15H18F2N4O2.ClH/c1-10-3-2-4-11-13(10)20-9-21(14(11)23)6-5-12(22)19-8-15(16,17)7-18;/h2-4,9H,5-8,18H2,1H3,(H,19,22);1H. The molecule has 0 unspecified atom stereocenters. The summed E-state index contributed by atoms with van der Waals surface area (Å²) in [5.41, 5.74) is 6.12. The third-order valence-corrected chi connectivity index (χ3v) is 3.48. The molecule has 0 radical (unpaired) electrons. The van der Waals surface area contributed by atoms with E-state index >= 15 is 0 Å². The van der Waals surface area contributed by atoms with Crippen LogP contribution in [0.1, 0.15) is 12.0 Å². The normalized spacial score (nSPS) is 11.2. The molecule has 24 heavy (non-hydrogen) atoms. The van der Waals surface area contributed by atoms with Gasteiger partial charge < -0.3 is 11.1 Å². The number of halogens is 3. The number of hydrogen-bond acceptors (Lipinski definition) is 4. The van der Waals surface area contributed by atoms with Gasteiger partial charge in [-0.2, -0.15) is 0 Å². The molecule has 0 aliphatic rings. The maximum absolute atomic E-state index is 12.9. The summed E-state index contributed by atoms with van der Waals surface area (Å²) in [5, 5.41) is 2.57. The number of carbonyl (C=O) groups excluding carboxylic acids is 1. The van der Waals surface area contributed by atoms with Crippen LogP contribution >= 0.6 is 12.4 Å². The first kappa shape index (κ1) is 20.0. The molecule has 1 aromatic carbocycles. The minimum atomic E-state index is -3.13. The summed E-state index contributed by atoms with van der Waals surface area (Å²) in [5.74, 6) is -3.71. The smallest absolute Gasteiger partial charge is 0.277 e. The lowest BCUT2D eigenvalue weighted by molar-refractivity contribution is -0.123. The van der Waals surface area contributed by atoms with Crippen LogP contribution in [-0.2, 0) is 11.3 Å². The van der Waals surface area contributed by atoms with E-state index in [4.69, 9.17) is 5.73 Å². The second kappa shape index (κ2) is 8.16. The van der Waals surface area contributed by atoms with Gasteiger partial charge in [0.2, 0.25) is 5.91 Å². The van der Waals surface area contributed by atoms with Crippen molar-refractivity contribution in [3.05, 3.63) is 40.4 Å². The number of hydrogen-bond donors (Lipinski definition) is 2. The van der Waals surface area contributed by atoms with E-state index in [1.165, 1.54) is 10.9 Å². The number of nitrogens with zero attached hydrogens (tertiary/aromatic N) is 2. The van der Waals surface area contributed by atoms with Crippen LogP contribution in [0.4, 0.5) is 8.78 Å². The van der Waals surface area contributed by atoms with Crippen molar-refractivity contribution < 1.29 is 13.6 Å². The highest BCUT2D eigenvalue weighted by Crippen LogP contribution is 2.11. The summed E-state index contributed by atoms with van der Waals surface area (Å²) in [6.45, 7) is 0.271. The summed E-state index contributed by atoms with van der Waals surface area (Å²) in [6, 6.07) is 5.27. The van der Waals surface area contributed by atoms with Crippen LogP contribution < -0.4 is 16.6 Å². The van der Waals surface area contributed by atoms with Crippen molar-refractivity contribution >= 4 is 29.2 Å². The lowest BCUT2D eigenvalue weighted by Gasteiger charge is -2.14. The second-order valence-electron chi connectivity index (χ2n) is 5.30. The first-order chi connectivity index (χ1) is 10.8. The molecule has 0 saturated heterocycles. The van der Waals surface area contributed by atoms with Crippen LogP contribution in [0.2, 0.25) is 0 Å². The van der Waals surface area contributed by atoms with Crippen molar-refractivity contribution in [2.24, 2.45) is 5.73 Å². The SMILES string of the molecule is Cc1cccc2c(=O)n(CCC(=O)NCC(F)(F)CN)cnc12.Cl. The molecule has 2 aromatic rings. The average Bonchev–Trinajstić information content (AvgIpc) is 2.53. The Bertz CT molecular complexity index is 780.